The Morgan fingerprint density at radius 2 is 1.62 bits per heavy atom. The molecule has 0 aliphatic carbocycles. The molecule has 0 fully saturated rings. The van der Waals surface area contributed by atoms with Gasteiger partial charge in [0.15, 0.2) is 6.79 Å². The van der Waals surface area contributed by atoms with Crippen LogP contribution in [0.3, 0.4) is 0 Å². The number of rotatable bonds is 7. The third-order valence-corrected chi connectivity index (χ3v) is 4.45. The van der Waals surface area contributed by atoms with Gasteiger partial charge in [-0.3, -0.25) is 10.1 Å². The molecule has 7 heteroatoms. The van der Waals surface area contributed by atoms with Crippen molar-refractivity contribution in [3.8, 4) is 17.2 Å². The van der Waals surface area contributed by atoms with Crippen molar-refractivity contribution in [2.75, 3.05) is 6.79 Å². The molecule has 7 nitrogen and oxygen atoms in total. The van der Waals surface area contributed by atoms with Crippen molar-refractivity contribution >= 4 is 5.69 Å². The molecule has 3 aromatic carbocycles. The molecule has 4 rings (SSSR count). The van der Waals surface area contributed by atoms with E-state index < -0.39 is 4.92 Å². The lowest BCUT2D eigenvalue weighted by molar-refractivity contribution is -0.385. The van der Waals surface area contributed by atoms with E-state index in [4.69, 9.17) is 18.9 Å². The van der Waals surface area contributed by atoms with Crippen molar-refractivity contribution in [3.05, 3.63) is 93.5 Å². The van der Waals surface area contributed by atoms with Gasteiger partial charge in [0.25, 0.3) is 5.69 Å². The first kappa shape index (κ1) is 18.8. The van der Waals surface area contributed by atoms with Gasteiger partial charge in [-0.05, 0) is 29.8 Å². The molecule has 0 amide bonds. The number of benzene rings is 3. The number of nitrogens with zero attached hydrogens (tertiary/aromatic N) is 1. The van der Waals surface area contributed by atoms with E-state index in [1.165, 1.54) is 12.1 Å². The van der Waals surface area contributed by atoms with E-state index in [1.807, 2.05) is 42.5 Å². The molecule has 0 saturated carbocycles. The predicted octanol–water partition coefficient (Wildman–Crippen LogP) is 4.62. The molecule has 1 aliphatic heterocycles. The maximum Gasteiger partial charge on any atom is 0.270 e. The third-order valence-electron chi connectivity index (χ3n) is 4.45. The second-order valence-electron chi connectivity index (χ2n) is 6.50. The van der Waals surface area contributed by atoms with Gasteiger partial charge in [0, 0.05) is 23.3 Å². The summed E-state index contributed by atoms with van der Waals surface area (Å²) in [7, 11) is 0. The third kappa shape index (κ3) is 4.64. The zero-order valence-corrected chi connectivity index (χ0v) is 15.6. The molecule has 0 atom stereocenters. The van der Waals surface area contributed by atoms with Crippen molar-refractivity contribution in [1.82, 2.24) is 0 Å². The van der Waals surface area contributed by atoms with Gasteiger partial charge in [0.05, 0.1) is 11.5 Å². The van der Waals surface area contributed by atoms with E-state index >= 15 is 0 Å². The summed E-state index contributed by atoms with van der Waals surface area (Å²) in [5.41, 5.74) is 2.34. The normalized spacial score (nSPS) is 12.6. The highest BCUT2D eigenvalue weighted by Crippen LogP contribution is 2.33. The molecule has 148 valence electrons. The van der Waals surface area contributed by atoms with Crippen LogP contribution in [0.25, 0.3) is 0 Å². The lowest BCUT2D eigenvalue weighted by Gasteiger charge is -2.20. The van der Waals surface area contributed by atoms with Crippen LogP contribution in [0.4, 0.5) is 5.69 Å². The predicted molar refractivity (Wildman–Crippen MR) is 105 cm³/mol. The van der Waals surface area contributed by atoms with E-state index in [2.05, 4.69) is 0 Å². The molecule has 3 aromatic rings. The minimum Gasteiger partial charge on any atom is -0.489 e. The molecule has 0 radical (unpaired) electrons. The first-order valence-corrected chi connectivity index (χ1v) is 9.09. The Balaban J connectivity index is 1.41. The zero-order chi connectivity index (χ0) is 20.1. The fraction of sp³-hybridized carbons (Fsp3) is 0.182. The van der Waals surface area contributed by atoms with Gasteiger partial charge in [0.2, 0.25) is 0 Å². The van der Waals surface area contributed by atoms with E-state index in [1.54, 1.807) is 12.1 Å². The van der Waals surface area contributed by atoms with Crippen molar-refractivity contribution in [3.63, 3.8) is 0 Å². The second-order valence-corrected chi connectivity index (χ2v) is 6.50. The van der Waals surface area contributed by atoms with Crippen molar-refractivity contribution < 1.29 is 23.9 Å². The summed E-state index contributed by atoms with van der Waals surface area (Å²) in [6, 6.07) is 20.1. The Labute approximate surface area is 167 Å². The number of ether oxygens (including phenoxy) is 4. The van der Waals surface area contributed by atoms with Gasteiger partial charge in [-0.15, -0.1) is 0 Å². The minimum atomic E-state index is -0.433. The molecule has 1 aliphatic rings. The van der Waals surface area contributed by atoms with Crippen LogP contribution in [-0.2, 0) is 24.6 Å². The van der Waals surface area contributed by atoms with Crippen molar-refractivity contribution in [1.29, 1.82) is 0 Å². The van der Waals surface area contributed by atoms with Crippen LogP contribution in [0, 0.1) is 10.1 Å². The maximum atomic E-state index is 11.2. The van der Waals surface area contributed by atoms with Gasteiger partial charge in [-0.25, -0.2) is 0 Å². The number of hydrogen-bond donors (Lipinski definition) is 0. The Bertz CT molecular complexity index is 988. The van der Waals surface area contributed by atoms with Crippen LogP contribution < -0.4 is 14.2 Å². The monoisotopic (exact) mass is 393 g/mol. The van der Waals surface area contributed by atoms with Crippen LogP contribution in [0.5, 0.6) is 17.2 Å². The zero-order valence-electron chi connectivity index (χ0n) is 15.6. The lowest BCUT2D eigenvalue weighted by Crippen LogP contribution is -2.14. The van der Waals surface area contributed by atoms with E-state index in [-0.39, 0.29) is 25.7 Å². The quantitative estimate of drug-likeness (QED) is 0.430. The van der Waals surface area contributed by atoms with Gasteiger partial charge in [-0.2, -0.15) is 0 Å². The summed E-state index contributed by atoms with van der Waals surface area (Å²) in [5.74, 6) is 1.95. The molecule has 29 heavy (non-hydrogen) atoms. The molecular formula is C22H19NO6. The van der Waals surface area contributed by atoms with E-state index in [0.29, 0.717) is 29.2 Å². The molecule has 0 N–H and O–H groups in total. The summed E-state index contributed by atoms with van der Waals surface area (Å²) >= 11 is 0. The smallest absolute Gasteiger partial charge is 0.270 e. The van der Waals surface area contributed by atoms with Crippen LogP contribution in [0.2, 0.25) is 0 Å². The first-order valence-electron chi connectivity index (χ1n) is 9.09. The fourth-order valence-corrected chi connectivity index (χ4v) is 3.03. The Kier molecular flexibility index (Phi) is 5.58. The first-order chi connectivity index (χ1) is 14.2. The highest BCUT2D eigenvalue weighted by Gasteiger charge is 2.21. The molecule has 1 heterocycles. The van der Waals surface area contributed by atoms with Crippen molar-refractivity contribution in [2.24, 2.45) is 0 Å². The van der Waals surface area contributed by atoms with Gasteiger partial charge in [0.1, 0.15) is 30.5 Å². The molecule has 0 spiro atoms. The highest BCUT2D eigenvalue weighted by atomic mass is 16.7. The second kappa shape index (κ2) is 8.62. The lowest BCUT2D eigenvalue weighted by atomic mass is 10.1. The topological polar surface area (TPSA) is 80.1 Å². The number of hydrogen-bond acceptors (Lipinski definition) is 6. The minimum absolute atomic E-state index is 0.0129. The Hall–Kier alpha value is -3.58. The number of fused-ring (bicyclic) bond motifs is 1. The standard InChI is InChI=1S/C22H19NO6/c24-23(25)19-10-17-13-26-15-29-22(17)18(11-19)14-28-21-8-6-20(7-9-21)27-12-16-4-2-1-3-5-16/h1-11H,12-15H2. The average molecular weight is 393 g/mol. The van der Waals surface area contributed by atoms with Gasteiger partial charge < -0.3 is 18.9 Å². The van der Waals surface area contributed by atoms with Crippen LogP contribution in [-0.4, -0.2) is 11.7 Å². The molecular weight excluding hydrogens is 374 g/mol. The SMILES string of the molecule is O=[N+]([O-])c1cc2c(c(COc3ccc(OCc4ccccc4)cc3)c1)OCOC2. The fourth-order valence-electron chi connectivity index (χ4n) is 3.03. The van der Waals surface area contributed by atoms with Crippen molar-refractivity contribution in [2.45, 2.75) is 19.8 Å². The molecule has 0 aromatic heterocycles. The van der Waals surface area contributed by atoms with Crippen LogP contribution >= 0.6 is 0 Å². The summed E-state index contributed by atoms with van der Waals surface area (Å²) < 4.78 is 22.3. The number of non-ortho nitro benzene ring substituents is 1. The summed E-state index contributed by atoms with van der Waals surface area (Å²) in [6.07, 6.45) is 0. The van der Waals surface area contributed by atoms with Gasteiger partial charge in [-0.1, -0.05) is 30.3 Å². The summed E-state index contributed by atoms with van der Waals surface area (Å²) in [6.45, 7) is 1.03. The number of nitro groups is 1. The van der Waals surface area contributed by atoms with Crippen LogP contribution in [0.15, 0.2) is 66.7 Å². The highest BCUT2D eigenvalue weighted by molar-refractivity contribution is 5.50. The van der Waals surface area contributed by atoms with Crippen LogP contribution in [0.1, 0.15) is 16.7 Å². The molecule has 0 saturated heterocycles. The number of nitro benzene ring substituents is 1. The molecule has 0 bridgehead atoms. The van der Waals surface area contributed by atoms with E-state index in [9.17, 15) is 10.1 Å². The Morgan fingerprint density at radius 1 is 0.931 bits per heavy atom. The Morgan fingerprint density at radius 3 is 2.31 bits per heavy atom. The maximum absolute atomic E-state index is 11.2. The average Bonchev–Trinajstić information content (AvgIpc) is 2.77. The largest absolute Gasteiger partial charge is 0.489 e. The van der Waals surface area contributed by atoms with E-state index in [0.717, 1.165) is 11.3 Å². The summed E-state index contributed by atoms with van der Waals surface area (Å²) in [5, 5.41) is 11.2. The summed E-state index contributed by atoms with van der Waals surface area (Å²) in [4.78, 5) is 10.8. The molecule has 0 unspecified atom stereocenters. The van der Waals surface area contributed by atoms with Gasteiger partial charge >= 0.3 is 0 Å².